The molecule has 2 nitrogen and oxygen atoms in total. The Morgan fingerprint density at radius 1 is 1.40 bits per heavy atom. The Kier molecular flexibility index (Phi) is 2.98. The zero-order valence-corrected chi connectivity index (χ0v) is 9.52. The molecule has 0 spiro atoms. The molecule has 5 heteroatoms. The molecular weight excluding hydrogens is 235 g/mol. The van der Waals surface area contributed by atoms with Crippen molar-refractivity contribution in [2.24, 2.45) is 0 Å². The van der Waals surface area contributed by atoms with Crippen LogP contribution in [0.2, 0.25) is 0 Å². The number of nitrogens with zero attached hydrogens (tertiary/aromatic N) is 2. The smallest absolute Gasteiger partial charge is 0.147 e. The number of hydrogen-bond acceptors (Lipinski definition) is 3. The molecule has 1 aromatic heterocycles. The third-order valence-electron chi connectivity index (χ3n) is 1.85. The van der Waals surface area contributed by atoms with E-state index in [1.165, 1.54) is 23.5 Å². The van der Waals surface area contributed by atoms with Gasteiger partial charge in [0.05, 0.1) is 5.38 Å². The third kappa shape index (κ3) is 2.33. The number of benzene rings is 1. The normalized spacial score (nSPS) is 12.7. The first-order valence-corrected chi connectivity index (χ1v) is 5.65. The van der Waals surface area contributed by atoms with Gasteiger partial charge in [-0.15, -0.1) is 21.8 Å². The van der Waals surface area contributed by atoms with Crippen LogP contribution in [0.5, 0.6) is 0 Å². The van der Waals surface area contributed by atoms with Gasteiger partial charge in [-0.1, -0.05) is 23.5 Å². The highest BCUT2D eigenvalue weighted by atomic mass is 35.5. The molecular formula is C10H8ClFN2S. The summed E-state index contributed by atoms with van der Waals surface area (Å²) in [7, 11) is 0. The van der Waals surface area contributed by atoms with Gasteiger partial charge in [0.15, 0.2) is 0 Å². The molecule has 0 saturated carbocycles. The van der Waals surface area contributed by atoms with E-state index < -0.39 is 0 Å². The molecule has 0 saturated heterocycles. The van der Waals surface area contributed by atoms with Crippen LogP contribution in [0, 0.1) is 5.82 Å². The van der Waals surface area contributed by atoms with Crippen molar-refractivity contribution in [3.05, 3.63) is 35.1 Å². The first-order chi connectivity index (χ1) is 7.16. The lowest BCUT2D eigenvalue weighted by Crippen LogP contribution is -1.81. The largest absolute Gasteiger partial charge is 0.207 e. The van der Waals surface area contributed by atoms with Gasteiger partial charge in [-0.2, -0.15) is 0 Å². The predicted molar refractivity (Wildman–Crippen MR) is 59.6 cm³/mol. The van der Waals surface area contributed by atoms with E-state index in [2.05, 4.69) is 10.2 Å². The minimum atomic E-state index is -0.275. The van der Waals surface area contributed by atoms with Gasteiger partial charge in [0.1, 0.15) is 15.8 Å². The molecule has 2 rings (SSSR count). The summed E-state index contributed by atoms with van der Waals surface area (Å²) in [6.07, 6.45) is 0. The summed E-state index contributed by atoms with van der Waals surface area (Å²) in [6.45, 7) is 1.83. The number of hydrogen-bond donors (Lipinski definition) is 0. The monoisotopic (exact) mass is 242 g/mol. The van der Waals surface area contributed by atoms with Crippen LogP contribution in [-0.4, -0.2) is 10.2 Å². The highest BCUT2D eigenvalue weighted by Gasteiger charge is 2.10. The summed E-state index contributed by atoms with van der Waals surface area (Å²) in [5.41, 5.74) is 0.732. The first kappa shape index (κ1) is 10.5. The van der Waals surface area contributed by atoms with Gasteiger partial charge in [-0.25, -0.2) is 4.39 Å². The maximum absolute atomic E-state index is 12.9. The van der Waals surface area contributed by atoms with Crippen LogP contribution in [0.3, 0.4) is 0 Å². The lowest BCUT2D eigenvalue weighted by atomic mass is 10.2. The maximum atomic E-state index is 12.9. The molecule has 0 aliphatic heterocycles. The third-order valence-corrected chi connectivity index (χ3v) is 3.34. The standard InChI is InChI=1S/C10H8ClFN2S/c1-6(11)9-13-14-10(15-9)7-3-2-4-8(12)5-7/h2-6H,1H3/t6-/m0/s1. The summed E-state index contributed by atoms with van der Waals surface area (Å²) in [5, 5.41) is 9.18. The Balaban J connectivity index is 2.37. The molecule has 1 heterocycles. The van der Waals surface area contributed by atoms with E-state index in [1.54, 1.807) is 12.1 Å². The van der Waals surface area contributed by atoms with Crippen molar-refractivity contribution < 1.29 is 4.39 Å². The van der Waals surface area contributed by atoms with Gasteiger partial charge in [-0.3, -0.25) is 0 Å². The van der Waals surface area contributed by atoms with Crippen LogP contribution in [0.25, 0.3) is 10.6 Å². The second-order valence-electron chi connectivity index (χ2n) is 3.07. The lowest BCUT2D eigenvalue weighted by molar-refractivity contribution is 0.628. The summed E-state index contributed by atoms with van der Waals surface area (Å²) in [4.78, 5) is 0. The van der Waals surface area contributed by atoms with E-state index in [0.29, 0.717) is 5.01 Å². The summed E-state index contributed by atoms with van der Waals surface area (Å²) < 4.78 is 12.9. The fourth-order valence-electron chi connectivity index (χ4n) is 1.13. The van der Waals surface area contributed by atoms with Gasteiger partial charge in [0.25, 0.3) is 0 Å². The van der Waals surface area contributed by atoms with Gasteiger partial charge in [0.2, 0.25) is 0 Å². The van der Waals surface area contributed by atoms with Crippen molar-refractivity contribution in [1.29, 1.82) is 0 Å². The Labute approximate surface area is 95.7 Å². The first-order valence-electron chi connectivity index (χ1n) is 4.40. The van der Waals surface area contributed by atoms with Gasteiger partial charge < -0.3 is 0 Å². The van der Waals surface area contributed by atoms with Crippen LogP contribution in [0.15, 0.2) is 24.3 Å². The number of rotatable bonds is 2. The highest BCUT2D eigenvalue weighted by molar-refractivity contribution is 7.15. The minimum Gasteiger partial charge on any atom is -0.207 e. The molecule has 1 atom stereocenters. The van der Waals surface area contributed by atoms with Crippen molar-refractivity contribution in [1.82, 2.24) is 10.2 Å². The average Bonchev–Trinajstić information content (AvgIpc) is 2.66. The van der Waals surface area contributed by atoms with E-state index in [1.807, 2.05) is 6.92 Å². The van der Waals surface area contributed by atoms with Crippen LogP contribution >= 0.6 is 22.9 Å². The van der Waals surface area contributed by atoms with E-state index in [9.17, 15) is 4.39 Å². The van der Waals surface area contributed by atoms with E-state index in [0.717, 1.165) is 10.6 Å². The van der Waals surface area contributed by atoms with E-state index >= 15 is 0 Å². The molecule has 15 heavy (non-hydrogen) atoms. The Morgan fingerprint density at radius 2 is 2.20 bits per heavy atom. The molecule has 0 radical (unpaired) electrons. The molecule has 1 aromatic carbocycles. The minimum absolute atomic E-state index is 0.162. The van der Waals surface area contributed by atoms with Crippen molar-refractivity contribution in [3.8, 4) is 10.6 Å². The second kappa shape index (κ2) is 4.24. The van der Waals surface area contributed by atoms with Crippen LogP contribution in [-0.2, 0) is 0 Å². The zero-order chi connectivity index (χ0) is 10.8. The molecule has 0 fully saturated rings. The molecule has 0 bridgehead atoms. The van der Waals surface area contributed by atoms with Crippen LogP contribution < -0.4 is 0 Å². The summed E-state index contributed by atoms with van der Waals surface area (Å²) >= 11 is 7.25. The fraction of sp³-hybridized carbons (Fsp3) is 0.200. The van der Waals surface area contributed by atoms with Gasteiger partial charge in [0, 0.05) is 5.56 Å². The number of halogens is 2. The zero-order valence-electron chi connectivity index (χ0n) is 7.95. The average molecular weight is 243 g/mol. The van der Waals surface area contributed by atoms with Crippen LogP contribution in [0.4, 0.5) is 4.39 Å². The quantitative estimate of drug-likeness (QED) is 0.752. The Bertz CT molecular complexity index is 470. The summed E-state index contributed by atoms with van der Waals surface area (Å²) in [5.74, 6) is -0.275. The molecule has 0 unspecified atom stereocenters. The fourth-order valence-corrected chi connectivity index (χ4v) is 2.08. The molecule has 78 valence electrons. The van der Waals surface area contributed by atoms with E-state index in [-0.39, 0.29) is 11.2 Å². The second-order valence-corrected chi connectivity index (χ2v) is 4.74. The molecule has 0 amide bonds. The molecule has 0 N–H and O–H groups in total. The molecule has 0 aliphatic carbocycles. The van der Waals surface area contributed by atoms with Crippen LogP contribution in [0.1, 0.15) is 17.3 Å². The number of aromatic nitrogens is 2. The molecule has 2 aromatic rings. The number of alkyl halides is 1. The Morgan fingerprint density at radius 3 is 2.80 bits per heavy atom. The summed E-state index contributed by atoms with van der Waals surface area (Å²) in [6, 6.07) is 6.28. The van der Waals surface area contributed by atoms with Gasteiger partial charge >= 0.3 is 0 Å². The van der Waals surface area contributed by atoms with E-state index in [4.69, 9.17) is 11.6 Å². The predicted octanol–water partition coefficient (Wildman–Crippen LogP) is 3.64. The molecule has 0 aliphatic rings. The van der Waals surface area contributed by atoms with Crippen molar-refractivity contribution in [2.45, 2.75) is 12.3 Å². The topological polar surface area (TPSA) is 25.8 Å². The van der Waals surface area contributed by atoms with Crippen molar-refractivity contribution >= 4 is 22.9 Å². The SMILES string of the molecule is C[C@H](Cl)c1nnc(-c2cccc(F)c2)s1. The Hall–Kier alpha value is -1.00. The van der Waals surface area contributed by atoms with Crippen molar-refractivity contribution in [3.63, 3.8) is 0 Å². The lowest BCUT2D eigenvalue weighted by Gasteiger charge is -1.94. The van der Waals surface area contributed by atoms with Crippen molar-refractivity contribution in [2.75, 3.05) is 0 Å². The van der Waals surface area contributed by atoms with Gasteiger partial charge in [-0.05, 0) is 19.1 Å². The highest BCUT2D eigenvalue weighted by Crippen LogP contribution is 2.29. The maximum Gasteiger partial charge on any atom is 0.147 e.